The van der Waals surface area contributed by atoms with Gasteiger partial charge in [0.15, 0.2) is 0 Å². The molecular formula is C15H17N3O2. The highest BCUT2D eigenvalue weighted by Gasteiger charge is 2.09. The van der Waals surface area contributed by atoms with Gasteiger partial charge in [0.1, 0.15) is 5.75 Å². The molecular weight excluding hydrogens is 254 g/mol. The van der Waals surface area contributed by atoms with E-state index in [2.05, 4.69) is 5.32 Å². The molecule has 0 fully saturated rings. The van der Waals surface area contributed by atoms with Crippen molar-refractivity contribution in [2.45, 2.75) is 6.54 Å². The van der Waals surface area contributed by atoms with E-state index in [1.54, 1.807) is 25.3 Å². The van der Waals surface area contributed by atoms with E-state index < -0.39 is 5.91 Å². The second-order valence-electron chi connectivity index (χ2n) is 4.33. The molecule has 0 spiro atoms. The van der Waals surface area contributed by atoms with Gasteiger partial charge in [-0.3, -0.25) is 4.79 Å². The molecule has 0 saturated heterocycles. The molecule has 0 radical (unpaired) electrons. The highest BCUT2D eigenvalue weighted by Crippen LogP contribution is 2.22. The molecule has 5 heteroatoms. The van der Waals surface area contributed by atoms with Gasteiger partial charge < -0.3 is 21.5 Å². The summed E-state index contributed by atoms with van der Waals surface area (Å²) in [6.07, 6.45) is 0. The average Bonchev–Trinajstić information content (AvgIpc) is 2.45. The number of primary amides is 1. The van der Waals surface area contributed by atoms with Crippen molar-refractivity contribution in [3.05, 3.63) is 53.6 Å². The number of amides is 1. The minimum Gasteiger partial charge on any atom is -0.496 e. The van der Waals surface area contributed by atoms with Gasteiger partial charge in [0.25, 0.3) is 5.91 Å². The summed E-state index contributed by atoms with van der Waals surface area (Å²) in [5, 5.41) is 3.17. The van der Waals surface area contributed by atoms with Crippen LogP contribution in [-0.4, -0.2) is 13.0 Å². The van der Waals surface area contributed by atoms with Crippen molar-refractivity contribution in [1.82, 2.24) is 0 Å². The number of anilines is 2. The SMILES string of the molecule is COc1ccccc1CNc1cc(N)ccc1C(N)=O. The van der Waals surface area contributed by atoms with Gasteiger partial charge >= 0.3 is 0 Å². The molecule has 0 heterocycles. The Kier molecular flexibility index (Phi) is 4.10. The molecule has 0 saturated carbocycles. The molecule has 20 heavy (non-hydrogen) atoms. The van der Waals surface area contributed by atoms with E-state index in [4.69, 9.17) is 16.2 Å². The summed E-state index contributed by atoms with van der Waals surface area (Å²) in [5.74, 6) is 0.289. The van der Waals surface area contributed by atoms with E-state index in [0.717, 1.165) is 11.3 Å². The zero-order valence-electron chi connectivity index (χ0n) is 11.2. The number of para-hydroxylation sites is 1. The Morgan fingerprint density at radius 1 is 1.25 bits per heavy atom. The van der Waals surface area contributed by atoms with Crippen LogP contribution in [0, 0.1) is 0 Å². The quantitative estimate of drug-likeness (QED) is 0.725. The van der Waals surface area contributed by atoms with Crippen molar-refractivity contribution < 1.29 is 9.53 Å². The standard InChI is InChI=1S/C15H17N3O2/c1-20-14-5-3-2-4-10(14)9-18-13-8-11(16)6-7-12(13)15(17)19/h2-8,18H,9,16H2,1H3,(H2,17,19). The second-order valence-corrected chi connectivity index (χ2v) is 4.33. The van der Waals surface area contributed by atoms with Gasteiger partial charge in [-0.1, -0.05) is 18.2 Å². The van der Waals surface area contributed by atoms with Crippen LogP contribution in [0.15, 0.2) is 42.5 Å². The molecule has 0 aromatic heterocycles. The van der Waals surface area contributed by atoms with E-state index in [1.807, 2.05) is 24.3 Å². The minimum absolute atomic E-state index is 0.411. The van der Waals surface area contributed by atoms with Crippen LogP contribution in [0.4, 0.5) is 11.4 Å². The summed E-state index contributed by atoms with van der Waals surface area (Å²) in [6.45, 7) is 0.508. The summed E-state index contributed by atoms with van der Waals surface area (Å²) < 4.78 is 5.28. The number of carbonyl (C=O) groups is 1. The van der Waals surface area contributed by atoms with Crippen LogP contribution in [0.5, 0.6) is 5.75 Å². The van der Waals surface area contributed by atoms with Crippen LogP contribution in [0.25, 0.3) is 0 Å². The molecule has 0 atom stereocenters. The van der Waals surface area contributed by atoms with Crippen LogP contribution >= 0.6 is 0 Å². The Hall–Kier alpha value is -2.69. The number of methoxy groups -OCH3 is 1. The van der Waals surface area contributed by atoms with Gasteiger partial charge in [0.2, 0.25) is 0 Å². The fourth-order valence-corrected chi connectivity index (χ4v) is 1.96. The first-order valence-electron chi connectivity index (χ1n) is 6.17. The largest absolute Gasteiger partial charge is 0.496 e. The molecule has 0 aliphatic carbocycles. The van der Waals surface area contributed by atoms with Crippen molar-refractivity contribution in [3.63, 3.8) is 0 Å². The molecule has 2 aromatic carbocycles. The minimum atomic E-state index is -0.493. The van der Waals surface area contributed by atoms with Crippen LogP contribution in [-0.2, 0) is 6.54 Å². The molecule has 104 valence electrons. The zero-order chi connectivity index (χ0) is 14.5. The maximum absolute atomic E-state index is 11.4. The summed E-state index contributed by atoms with van der Waals surface area (Å²) in [4.78, 5) is 11.4. The van der Waals surface area contributed by atoms with Crippen LogP contribution in [0.1, 0.15) is 15.9 Å². The smallest absolute Gasteiger partial charge is 0.250 e. The van der Waals surface area contributed by atoms with Gasteiger partial charge in [0, 0.05) is 23.5 Å². The number of rotatable bonds is 5. The lowest BCUT2D eigenvalue weighted by molar-refractivity contribution is 0.100. The number of nitrogens with two attached hydrogens (primary N) is 2. The summed E-state index contributed by atoms with van der Waals surface area (Å²) >= 11 is 0. The Balaban J connectivity index is 2.22. The maximum Gasteiger partial charge on any atom is 0.250 e. The van der Waals surface area contributed by atoms with E-state index >= 15 is 0 Å². The lowest BCUT2D eigenvalue weighted by Gasteiger charge is -2.13. The van der Waals surface area contributed by atoms with E-state index in [0.29, 0.717) is 23.5 Å². The van der Waals surface area contributed by atoms with E-state index in [-0.39, 0.29) is 0 Å². The molecule has 0 bridgehead atoms. The van der Waals surface area contributed by atoms with Gasteiger partial charge in [-0.2, -0.15) is 0 Å². The van der Waals surface area contributed by atoms with Gasteiger partial charge in [-0.15, -0.1) is 0 Å². The van der Waals surface area contributed by atoms with Crippen LogP contribution in [0.2, 0.25) is 0 Å². The fraction of sp³-hybridized carbons (Fsp3) is 0.133. The second kappa shape index (κ2) is 5.97. The molecule has 2 aromatic rings. The summed E-state index contributed by atoms with van der Waals surface area (Å²) in [7, 11) is 1.62. The maximum atomic E-state index is 11.4. The summed E-state index contributed by atoms with van der Waals surface area (Å²) in [6, 6.07) is 12.6. The molecule has 5 nitrogen and oxygen atoms in total. The number of benzene rings is 2. The van der Waals surface area contributed by atoms with Gasteiger partial charge in [-0.05, 0) is 24.3 Å². The van der Waals surface area contributed by atoms with E-state index in [1.165, 1.54) is 0 Å². The Morgan fingerprint density at radius 2 is 2.00 bits per heavy atom. The van der Waals surface area contributed by atoms with Crippen molar-refractivity contribution in [1.29, 1.82) is 0 Å². The number of hydrogen-bond acceptors (Lipinski definition) is 4. The Bertz CT molecular complexity index is 626. The average molecular weight is 271 g/mol. The van der Waals surface area contributed by atoms with Gasteiger partial charge in [-0.25, -0.2) is 0 Å². The lowest BCUT2D eigenvalue weighted by Crippen LogP contribution is -2.14. The van der Waals surface area contributed by atoms with Crippen LogP contribution < -0.4 is 21.5 Å². The molecule has 0 aliphatic heterocycles. The third-order valence-corrected chi connectivity index (χ3v) is 2.97. The van der Waals surface area contributed by atoms with Crippen molar-refractivity contribution in [2.75, 3.05) is 18.2 Å². The lowest BCUT2D eigenvalue weighted by atomic mass is 10.1. The molecule has 1 amide bonds. The molecule has 5 N–H and O–H groups in total. The number of nitrogens with one attached hydrogen (secondary N) is 1. The topological polar surface area (TPSA) is 90.4 Å². The molecule has 0 unspecified atom stereocenters. The first kappa shape index (κ1) is 13.7. The number of nitrogen functional groups attached to an aromatic ring is 1. The monoisotopic (exact) mass is 271 g/mol. The molecule has 0 aliphatic rings. The predicted molar refractivity (Wildman–Crippen MR) is 79.7 cm³/mol. The first-order valence-corrected chi connectivity index (χ1v) is 6.17. The van der Waals surface area contributed by atoms with Crippen molar-refractivity contribution in [3.8, 4) is 5.75 Å². The van der Waals surface area contributed by atoms with Crippen molar-refractivity contribution >= 4 is 17.3 Å². The van der Waals surface area contributed by atoms with Crippen molar-refractivity contribution in [2.24, 2.45) is 5.73 Å². The summed E-state index contributed by atoms with van der Waals surface area (Å²) in [5.41, 5.74) is 13.7. The molecule has 2 rings (SSSR count). The van der Waals surface area contributed by atoms with Crippen LogP contribution in [0.3, 0.4) is 0 Å². The Labute approximate surface area is 117 Å². The van der Waals surface area contributed by atoms with E-state index in [9.17, 15) is 4.79 Å². The number of hydrogen-bond donors (Lipinski definition) is 3. The fourth-order valence-electron chi connectivity index (χ4n) is 1.96. The highest BCUT2D eigenvalue weighted by atomic mass is 16.5. The Morgan fingerprint density at radius 3 is 2.70 bits per heavy atom. The zero-order valence-corrected chi connectivity index (χ0v) is 11.2. The first-order chi connectivity index (χ1) is 9.61. The number of ether oxygens (including phenoxy) is 1. The van der Waals surface area contributed by atoms with Gasteiger partial charge in [0.05, 0.1) is 12.7 Å². The normalized spacial score (nSPS) is 10.1. The third-order valence-electron chi connectivity index (χ3n) is 2.97. The predicted octanol–water partition coefficient (Wildman–Crippen LogP) is 1.99. The third kappa shape index (κ3) is 3.00. The number of carbonyl (C=O) groups excluding carboxylic acids is 1. The highest BCUT2D eigenvalue weighted by molar-refractivity contribution is 5.99.